The molecule has 0 aliphatic heterocycles. The molecule has 0 saturated heterocycles. The Labute approximate surface area is 79.2 Å². The topological polar surface area (TPSA) is 31.9 Å². The normalized spacial score (nSPS) is 25.1. The van der Waals surface area contributed by atoms with Crippen LogP contribution in [0, 0.1) is 5.41 Å². The summed E-state index contributed by atoms with van der Waals surface area (Å²) in [6.45, 7) is 5.56. The molecule has 1 N–H and O–H groups in total. The van der Waals surface area contributed by atoms with Gasteiger partial charge in [0, 0.05) is 18.4 Å². The average Bonchev–Trinajstić information content (AvgIpc) is 2.49. The summed E-state index contributed by atoms with van der Waals surface area (Å²) < 4.78 is 0. The van der Waals surface area contributed by atoms with E-state index in [1.807, 2.05) is 6.20 Å². The molecule has 0 bridgehead atoms. The Morgan fingerprint density at radius 2 is 2.38 bits per heavy atom. The quantitative estimate of drug-likeness (QED) is 0.765. The van der Waals surface area contributed by atoms with Gasteiger partial charge in [-0.25, -0.2) is 4.98 Å². The maximum absolute atomic E-state index is 4.22. The molecule has 0 aromatic carbocycles. The zero-order valence-electron chi connectivity index (χ0n) is 8.54. The molecule has 1 aliphatic rings. The smallest absolute Gasteiger partial charge is 0.120 e. The number of hydrogen-bond donors (Lipinski definition) is 1. The maximum Gasteiger partial charge on any atom is 0.120 e. The third kappa shape index (κ3) is 1.75. The van der Waals surface area contributed by atoms with Crippen LogP contribution in [-0.2, 0) is 6.54 Å². The van der Waals surface area contributed by atoms with Crippen molar-refractivity contribution in [2.75, 3.05) is 7.05 Å². The van der Waals surface area contributed by atoms with E-state index in [9.17, 15) is 0 Å². The van der Waals surface area contributed by atoms with Gasteiger partial charge in [0.1, 0.15) is 5.82 Å². The molecule has 3 nitrogen and oxygen atoms in total. The first-order chi connectivity index (χ1) is 6.09. The largest absolute Gasteiger partial charge is 0.348 e. The summed E-state index contributed by atoms with van der Waals surface area (Å²) in [4.78, 5) is 9.72. The van der Waals surface area contributed by atoms with E-state index in [0.717, 1.165) is 18.4 Å². The van der Waals surface area contributed by atoms with Gasteiger partial charge in [-0.3, -0.25) is 4.90 Å². The van der Waals surface area contributed by atoms with Gasteiger partial charge in [-0.05, 0) is 18.9 Å². The highest BCUT2D eigenvalue weighted by Crippen LogP contribution is 2.48. The molecule has 1 atom stereocenters. The fourth-order valence-corrected chi connectivity index (χ4v) is 1.92. The van der Waals surface area contributed by atoms with E-state index in [1.54, 1.807) is 6.20 Å². The second-order valence-electron chi connectivity index (χ2n) is 4.66. The van der Waals surface area contributed by atoms with Crippen LogP contribution < -0.4 is 0 Å². The number of nitrogens with zero attached hydrogens (tertiary/aromatic N) is 2. The molecule has 3 heteroatoms. The van der Waals surface area contributed by atoms with Crippen LogP contribution in [0.2, 0.25) is 0 Å². The molecule has 1 aromatic rings. The third-order valence-corrected chi connectivity index (χ3v) is 2.95. The van der Waals surface area contributed by atoms with Gasteiger partial charge in [0.15, 0.2) is 0 Å². The molecular weight excluding hydrogens is 162 g/mol. The molecule has 2 rings (SSSR count). The van der Waals surface area contributed by atoms with Gasteiger partial charge in [0.05, 0.1) is 6.54 Å². The molecule has 1 aromatic heterocycles. The summed E-state index contributed by atoms with van der Waals surface area (Å²) in [5.74, 6) is 1.06. The average molecular weight is 179 g/mol. The van der Waals surface area contributed by atoms with Gasteiger partial charge in [0.25, 0.3) is 0 Å². The van der Waals surface area contributed by atoms with Crippen molar-refractivity contribution >= 4 is 0 Å². The van der Waals surface area contributed by atoms with Crippen LogP contribution in [0.15, 0.2) is 12.4 Å². The molecule has 1 unspecified atom stereocenters. The molecule has 1 fully saturated rings. The Bertz CT molecular complexity index is 276. The molecule has 1 aliphatic carbocycles. The summed E-state index contributed by atoms with van der Waals surface area (Å²) in [5.41, 5.74) is 0.515. The Morgan fingerprint density at radius 3 is 2.85 bits per heavy atom. The molecule has 1 saturated carbocycles. The van der Waals surface area contributed by atoms with E-state index < -0.39 is 0 Å². The molecule has 0 radical (unpaired) electrons. The minimum absolute atomic E-state index is 0.515. The Kier molecular flexibility index (Phi) is 1.91. The zero-order chi connectivity index (χ0) is 9.47. The van der Waals surface area contributed by atoms with Crippen molar-refractivity contribution in [3.05, 3.63) is 18.2 Å². The molecule has 13 heavy (non-hydrogen) atoms. The molecule has 0 spiro atoms. The third-order valence-electron chi connectivity index (χ3n) is 2.95. The van der Waals surface area contributed by atoms with Gasteiger partial charge < -0.3 is 4.98 Å². The first-order valence-electron chi connectivity index (χ1n) is 4.78. The lowest BCUT2D eigenvalue weighted by molar-refractivity contribution is 0.274. The Morgan fingerprint density at radius 1 is 1.69 bits per heavy atom. The molecule has 1 heterocycles. The van der Waals surface area contributed by atoms with Crippen LogP contribution in [0.4, 0.5) is 0 Å². The van der Waals surface area contributed by atoms with Gasteiger partial charge >= 0.3 is 0 Å². The molecular formula is C10H17N3. The second kappa shape index (κ2) is 2.84. The number of rotatable bonds is 3. The maximum atomic E-state index is 4.22. The van der Waals surface area contributed by atoms with Crippen molar-refractivity contribution in [3.63, 3.8) is 0 Å². The summed E-state index contributed by atoms with van der Waals surface area (Å²) in [6.07, 6.45) is 4.99. The number of imidazole rings is 1. The highest BCUT2D eigenvalue weighted by molar-refractivity contribution is 5.03. The van der Waals surface area contributed by atoms with Crippen LogP contribution in [0.25, 0.3) is 0 Å². The van der Waals surface area contributed by atoms with Crippen LogP contribution in [-0.4, -0.2) is 28.0 Å². The number of H-pyrrole nitrogens is 1. The van der Waals surface area contributed by atoms with Gasteiger partial charge in [-0.1, -0.05) is 13.8 Å². The Balaban J connectivity index is 1.90. The van der Waals surface area contributed by atoms with Crippen molar-refractivity contribution < 1.29 is 0 Å². The summed E-state index contributed by atoms with van der Waals surface area (Å²) in [7, 11) is 2.17. The predicted octanol–water partition coefficient (Wildman–Crippen LogP) is 1.64. The number of hydrogen-bond acceptors (Lipinski definition) is 2. The standard InChI is InChI=1S/C10H17N3/c1-10(2)6-8(10)13(3)7-9-11-4-5-12-9/h4-5,8H,6-7H2,1-3H3,(H,11,12). The molecule has 72 valence electrons. The van der Waals surface area contributed by atoms with Crippen molar-refractivity contribution in [1.82, 2.24) is 14.9 Å². The Hall–Kier alpha value is -0.830. The minimum Gasteiger partial charge on any atom is -0.348 e. The van der Waals surface area contributed by atoms with E-state index in [1.165, 1.54) is 6.42 Å². The predicted molar refractivity (Wildman–Crippen MR) is 52.2 cm³/mol. The minimum atomic E-state index is 0.515. The van der Waals surface area contributed by atoms with E-state index in [-0.39, 0.29) is 0 Å². The van der Waals surface area contributed by atoms with Crippen molar-refractivity contribution in [2.45, 2.75) is 32.9 Å². The lowest BCUT2D eigenvalue weighted by atomic mass is 10.2. The fraction of sp³-hybridized carbons (Fsp3) is 0.700. The first-order valence-corrected chi connectivity index (χ1v) is 4.78. The van der Waals surface area contributed by atoms with Crippen LogP contribution >= 0.6 is 0 Å². The highest BCUT2D eigenvalue weighted by atomic mass is 15.2. The summed E-state index contributed by atoms with van der Waals surface area (Å²) in [6, 6.07) is 0.734. The fourth-order valence-electron chi connectivity index (χ4n) is 1.92. The van der Waals surface area contributed by atoms with E-state index in [0.29, 0.717) is 5.41 Å². The van der Waals surface area contributed by atoms with E-state index >= 15 is 0 Å². The van der Waals surface area contributed by atoms with Gasteiger partial charge in [-0.2, -0.15) is 0 Å². The summed E-state index contributed by atoms with van der Waals surface area (Å²) in [5, 5.41) is 0. The van der Waals surface area contributed by atoms with Gasteiger partial charge in [-0.15, -0.1) is 0 Å². The van der Waals surface area contributed by atoms with E-state index in [4.69, 9.17) is 0 Å². The van der Waals surface area contributed by atoms with Crippen LogP contribution in [0.3, 0.4) is 0 Å². The first kappa shape index (κ1) is 8.75. The SMILES string of the molecule is CN(Cc1ncc[nH]1)C1CC1(C)C. The van der Waals surface area contributed by atoms with Crippen LogP contribution in [0.5, 0.6) is 0 Å². The number of aromatic nitrogens is 2. The monoisotopic (exact) mass is 179 g/mol. The summed E-state index contributed by atoms with van der Waals surface area (Å²) >= 11 is 0. The second-order valence-corrected chi connectivity index (χ2v) is 4.66. The van der Waals surface area contributed by atoms with Crippen molar-refractivity contribution in [2.24, 2.45) is 5.41 Å². The van der Waals surface area contributed by atoms with E-state index in [2.05, 4.69) is 35.8 Å². The van der Waals surface area contributed by atoms with Crippen molar-refractivity contribution in [1.29, 1.82) is 0 Å². The van der Waals surface area contributed by atoms with Crippen LogP contribution in [0.1, 0.15) is 26.1 Å². The number of aromatic amines is 1. The highest BCUT2D eigenvalue weighted by Gasteiger charge is 2.48. The number of nitrogens with one attached hydrogen (secondary N) is 1. The molecule has 0 amide bonds. The van der Waals surface area contributed by atoms with Gasteiger partial charge in [0.2, 0.25) is 0 Å². The lowest BCUT2D eigenvalue weighted by Crippen LogP contribution is -2.24. The van der Waals surface area contributed by atoms with Crippen molar-refractivity contribution in [3.8, 4) is 0 Å². The lowest BCUT2D eigenvalue weighted by Gasteiger charge is -2.16. The zero-order valence-corrected chi connectivity index (χ0v) is 8.54.